The van der Waals surface area contributed by atoms with Crippen LogP contribution in [0.1, 0.15) is 11.1 Å². The average molecular weight is 253 g/mol. The molecule has 1 fully saturated rings. The summed E-state index contributed by atoms with van der Waals surface area (Å²) in [5.41, 5.74) is 1.90. The van der Waals surface area contributed by atoms with E-state index in [2.05, 4.69) is 0 Å². The Kier molecular flexibility index (Phi) is 3.93. The van der Waals surface area contributed by atoms with E-state index in [0.717, 1.165) is 11.1 Å². The molecule has 0 radical (unpaired) electrons. The number of halogens is 1. The zero-order valence-corrected chi connectivity index (χ0v) is 10.2. The summed E-state index contributed by atoms with van der Waals surface area (Å²) in [5.74, 6) is -1.21. The molecule has 0 spiro atoms. The van der Waals surface area contributed by atoms with Gasteiger partial charge < -0.3 is 9.84 Å². The molecule has 1 aliphatic rings. The van der Waals surface area contributed by atoms with Crippen LogP contribution in [0.5, 0.6) is 0 Å². The van der Waals surface area contributed by atoms with Gasteiger partial charge in [-0.15, -0.1) is 0 Å². The molecule has 0 saturated carbocycles. The molecule has 0 amide bonds. The van der Waals surface area contributed by atoms with Gasteiger partial charge in [-0.05, 0) is 30.2 Å². The van der Waals surface area contributed by atoms with Crippen LogP contribution in [-0.4, -0.2) is 41.8 Å². The molecule has 1 atom stereocenters. The molecule has 0 aromatic heterocycles. The van der Waals surface area contributed by atoms with Crippen LogP contribution in [-0.2, 0) is 16.1 Å². The van der Waals surface area contributed by atoms with Gasteiger partial charge in [-0.2, -0.15) is 0 Å². The summed E-state index contributed by atoms with van der Waals surface area (Å²) in [7, 11) is 0. The second-order valence-electron chi connectivity index (χ2n) is 4.50. The first kappa shape index (κ1) is 13.0. The highest BCUT2D eigenvalue weighted by atomic mass is 19.1. The predicted octanol–water partition coefficient (Wildman–Crippen LogP) is 1.42. The van der Waals surface area contributed by atoms with Crippen LogP contribution in [0.4, 0.5) is 4.39 Å². The Bertz CT molecular complexity index is 450. The van der Waals surface area contributed by atoms with Crippen molar-refractivity contribution >= 4 is 5.97 Å². The second-order valence-corrected chi connectivity index (χ2v) is 4.50. The van der Waals surface area contributed by atoms with Gasteiger partial charge in [-0.1, -0.05) is 6.07 Å². The minimum atomic E-state index is -0.948. The summed E-state index contributed by atoms with van der Waals surface area (Å²) in [6.07, 6.45) is -0.785. The normalized spacial score (nSPS) is 20.9. The number of nitrogens with zero attached hydrogens (tertiary/aromatic N) is 1. The first-order chi connectivity index (χ1) is 8.56. The van der Waals surface area contributed by atoms with Crippen molar-refractivity contribution in [1.29, 1.82) is 0 Å². The highest BCUT2D eigenvalue weighted by molar-refractivity contribution is 5.72. The first-order valence-corrected chi connectivity index (χ1v) is 5.88. The van der Waals surface area contributed by atoms with Gasteiger partial charge in [0, 0.05) is 19.6 Å². The number of aryl methyl sites for hydroxylation is 1. The van der Waals surface area contributed by atoms with Crippen LogP contribution in [0.2, 0.25) is 0 Å². The van der Waals surface area contributed by atoms with Crippen molar-refractivity contribution in [2.45, 2.75) is 19.6 Å². The number of rotatable bonds is 3. The second kappa shape index (κ2) is 5.46. The lowest BCUT2D eigenvalue weighted by Gasteiger charge is -2.31. The minimum Gasteiger partial charge on any atom is -0.479 e. The van der Waals surface area contributed by atoms with E-state index in [9.17, 15) is 9.18 Å². The Morgan fingerprint density at radius 2 is 2.39 bits per heavy atom. The van der Waals surface area contributed by atoms with E-state index in [4.69, 9.17) is 9.84 Å². The maximum atomic E-state index is 13.2. The quantitative estimate of drug-likeness (QED) is 0.885. The SMILES string of the molecule is Cc1ccc(F)cc1CN1CCOC(C(=O)O)C1. The number of aliphatic carboxylic acids is 1. The van der Waals surface area contributed by atoms with E-state index in [1.807, 2.05) is 11.8 Å². The van der Waals surface area contributed by atoms with Gasteiger partial charge in [-0.25, -0.2) is 9.18 Å². The van der Waals surface area contributed by atoms with Crippen molar-refractivity contribution in [3.05, 3.63) is 35.1 Å². The van der Waals surface area contributed by atoms with Crippen molar-refractivity contribution in [1.82, 2.24) is 4.90 Å². The van der Waals surface area contributed by atoms with E-state index in [-0.39, 0.29) is 5.82 Å². The third-order valence-corrected chi connectivity index (χ3v) is 3.13. The maximum Gasteiger partial charge on any atom is 0.334 e. The van der Waals surface area contributed by atoms with Gasteiger partial charge in [0.2, 0.25) is 0 Å². The monoisotopic (exact) mass is 253 g/mol. The number of hydrogen-bond acceptors (Lipinski definition) is 3. The third kappa shape index (κ3) is 3.05. The molecule has 2 rings (SSSR count). The largest absolute Gasteiger partial charge is 0.479 e. The fraction of sp³-hybridized carbons (Fsp3) is 0.462. The van der Waals surface area contributed by atoms with Crippen LogP contribution in [0.25, 0.3) is 0 Å². The molecule has 5 heteroatoms. The summed E-state index contributed by atoms with van der Waals surface area (Å²) in [4.78, 5) is 12.8. The van der Waals surface area contributed by atoms with E-state index in [1.165, 1.54) is 12.1 Å². The number of carboxylic acid groups (broad SMARTS) is 1. The first-order valence-electron chi connectivity index (χ1n) is 5.88. The summed E-state index contributed by atoms with van der Waals surface area (Å²) < 4.78 is 18.3. The number of ether oxygens (including phenoxy) is 1. The highest BCUT2D eigenvalue weighted by Gasteiger charge is 2.26. The molecule has 0 aliphatic carbocycles. The molecule has 0 bridgehead atoms. The lowest BCUT2D eigenvalue weighted by molar-refractivity contribution is -0.156. The molecular weight excluding hydrogens is 237 g/mol. The fourth-order valence-corrected chi connectivity index (χ4v) is 2.05. The Morgan fingerprint density at radius 3 is 3.11 bits per heavy atom. The van der Waals surface area contributed by atoms with E-state index >= 15 is 0 Å². The van der Waals surface area contributed by atoms with Crippen molar-refractivity contribution < 1.29 is 19.0 Å². The Labute approximate surface area is 105 Å². The molecule has 1 aromatic rings. The van der Waals surface area contributed by atoms with Crippen LogP contribution in [0.3, 0.4) is 0 Å². The van der Waals surface area contributed by atoms with Gasteiger partial charge in [0.05, 0.1) is 6.61 Å². The Balaban J connectivity index is 2.04. The van der Waals surface area contributed by atoms with E-state index in [1.54, 1.807) is 6.07 Å². The van der Waals surface area contributed by atoms with Crippen LogP contribution in [0.15, 0.2) is 18.2 Å². The van der Waals surface area contributed by atoms with Gasteiger partial charge >= 0.3 is 5.97 Å². The lowest BCUT2D eigenvalue weighted by Crippen LogP contribution is -2.45. The lowest BCUT2D eigenvalue weighted by atomic mass is 10.1. The van der Waals surface area contributed by atoms with Crippen LogP contribution < -0.4 is 0 Å². The Morgan fingerprint density at radius 1 is 1.61 bits per heavy atom. The van der Waals surface area contributed by atoms with Crippen molar-refractivity contribution in [3.8, 4) is 0 Å². The topological polar surface area (TPSA) is 49.8 Å². The van der Waals surface area contributed by atoms with E-state index < -0.39 is 12.1 Å². The van der Waals surface area contributed by atoms with E-state index in [0.29, 0.717) is 26.2 Å². The smallest absolute Gasteiger partial charge is 0.334 e. The maximum absolute atomic E-state index is 13.2. The molecule has 1 N–H and O–H groups in total. The minimum absolute atomic E-state index is 0.265. The Hall–Kier alpha value is -1.46. The molecule has 4 nitrogen and oxygen atoms in total. The zero-order valence-electron chi connectivity index (χ0n) is 10.2. The van der Waals surface area contributed by atoms with Crippen LogP contribution in [0, 0.1) is 12.7 Å². The van der Waals surface area contributed by atoms with Gasteiger partial charge in [0.25, 0.3) is 0 Å². The number of hydrogen-bond donors (Lipinski definition) is 1. The highest BCUT2D eigenvalue weighted by Crippen LogP contribution is 2.15. The third-order valence-electron chi connectivity index (χ3n) is 3.13. The molecule has 18 heavy (non-hydrogen) atoms. The van der Waals surface area contributed by atoms with Gasteiger partial charge in [-0.3, -0.25) is 4.90 Å². The molecule has 1 aliphatic heterocycles. The summed E-state index contributed by atoms with van der Waals surface area (Å²) >= 11 is 0. The van der Waals surface area contributed by atoms with Crippen molar-refractivity contribution in [2.24, 2.45) is 0 Å². The number of morpholine rings is 1. The van der Waals surface area contributed by atoms with Gasteiger partial charge in [0.15, 0.2) is 6.10 Å². The number of benzene rings is 1. The number of carboxylic acids is 1. The molecular formula is C13H16FNO3. The van der Waals surface area contributed by atoms with Crippen molar-refractivity contribution in [2.75, 3.05) is 19.7 Å². The summed E-state index contributed by atoms with van der Waals surface area (Å²) in [6.45, 7) is 3.87. The van der Waals surface area contributed by atoms with Gasteiger partial charge in [0.1, 0.15) is 5.82 Å². The van der Waals surface area contributed by atoms with Crippen LogP contribution >= 0.6 is 0 Å². The summed E-state index contributed by atoms with van der Waals surface area (Å²) in [5, 5.41) is 8.91. The predicted molar refractivity (Wildman–Crippen MR) is 63.8 cm³/mol. The number of carbonyl (C=O) groups is 1. The molecule has 1 heterocycles. The molecule has 98 valence electrons. The standard InChI is InChI=1S/C13H16FNO3/c1-9-2-3-11(14)6-10(9)7-15-4-5-18-12(8-15)13(16)17/h2-3,6,12H,4-5,7-8H2,1H3,(H,16,17). The molecule has 1 unspecified atom stereocenters. The molecule has 1 saturated heterocycles. The molecule has 1 aromatic carbocycles. The fourth-order valence-electron chi connectivity index (χ4n) is 2.05. The zero-order chi connectivity index (χ0) is 13.1. The average Bonchev–Trinajstić information content (AvgIpc) is 2.34. The van der Waals surface area contributed by atoms with Crippen molar-refractivity contribution in [3.63, 3.8) is 0 Å². The summed E-state index contributed by atoms with van der Waals surface area (Å²) in [6, 6.07) is 4.67.